The largest absolute Gasteiger partial charge is 0.391 e. The number of anilines is 1. The predicted octanol–water partition coefficient (Wildman–Crippen LogP) is 1.50. The van der Waals surface area contributed by atoms with E-state index in [4.69, 9.17) is 23.2 Å². The lowest BCUT2D eigenvalue weighted by atomic mass is 10.2. The summed E-state index contributed by atoms with van der Waals surface area (Å²) in [4.78, 5) is 11.4. The molecule has 0 bridgehead atoms. The summed E-state index contributed by atoms with van der Waals surface area (Å²) in [5.41, 5.74) is 0. The molecule has 0 radical (unpaired) electrons. The molecule has 2 N–H and O–H groups in total. The number of rotatable bonds is 2. The maximum Gasteiger partial charge on any atom is 0.228 e. The summed E-state index contributed by atoms with van der Waals surface area (Å²) in [5, 5.41) is 12.7. The van der Waals surface area contributed by atoms with E-state index in [-0.39, 0.29) is 22.7 Å². The summed E-state index contributed by atoms with van der Waals surface area (Å²) in [6.45, 7) is 0. The van der Waals surface area contributed by atoms with Gasteiger partial charge in [-0.3, -0.25) is 0 Å². The molecule has 1 fully saturated rings. The third-order valence-electron chi connectivity index (χ3n) is 2.37. The van der Waals surface area contributed by atoms with Gasteiger partial charge in [-0.25, -0.2) is 0 Å². The zero-order valence-corrected chi connectivity index (χ0v) is 9.33. The fourth-order valence-corrected chi connectivity index (χ4v) is 2.03. The molecule has 0 saturated heterocycles. The molecule has 1 aromatic heterocycles. The highest BCUT2D eigenvalue weighted by Crippen LogP contribution is 2.22. The molecular formula is C8H10Cl2N4O. The zero-order chi connectivity index (χ0) is 10.8. The molecule has 1 heterocycles. The van der Waals surface area contributed by atoms with Crippen molar-refractivity contribution in [3.8, 4) is 0 Å². The lowest BCUT2D eigenvalue weighted by Crippen LogP contribution is -2.28. The van der Waals surface area contributed by atoms with Crippen LogP contribution in [0.4, 0.5) is 5.95 Å². The standard InChI is InChI=1S/C8H10Cl2N4O/c9-6-12-7(10)14-8(13-6)11-4-2-1-3-5(4)15/h4-5,15H,1-3H2,(H,11,12,13,14). The summed E-state index contributed by atoms with van der Waals surface area (Å²) >= 11 is 11.2. The second-order valence-corrected chi connectivity index (χ2v) is 4.12. The molecule has 7 heteroatoms. The van der Waals surface area contributed by atoms with Gasteiger partial charge in [-0.15, -0.1) is 0 Å². The molecule has 0 spiro atoms. The van der Waals surface area contributed by atoms with Crippen LogP contribution in [0.3, 0.4) is 0 Å². The predicted molar refractivity (Wildman–Crippen MR) is 57.1 cm³/mol. The first-order valence-corrected chi connectivity index (χ1v) is 5.42. The Morgan fingerprint density at radius 2 is 1.80 bits per heavy atom. The number of aromatic nitrogens is 3. The highest BCUT2D eigenvalue weighted by Gasteiger charge is 2.25. The molecular weight excluding hydrogens is 239 g/mol. The smallest absolute Gasteiger partial charge is 0.228 e. The second-order valence-electron chi connectivity index (χ2n) is 3.45. The van der Waals surface area contributed by atoms with E-state index in [1.165, 1.54) is 0 Å². The number of halogens is 2. The van der Waals surface area contributed by atoms with Crippen LogP contribution in [0, 0.1) is 0 Å². The first-order chi connectivity index (χ1) is 7.15. The maximum atomic E-state index is 9.59. The average Bonchev–Trinajstić information content (AvgIpc) is 2.50. The highest BCUT2D eigenvalue weighted by molar-refractivity contribution is 6.31. The van der Waals surface area contributed by atoms with Crippen molar-refractivity contribution in [1.82, 2.24) is 15.0 Å². The molecule has 82 valence electrons. The van der Waals surface area contributed by atoms with Gasteiger partial charge in [0.1, 0.15) is 0 Å². The van der Waals surface area contributed by atoms with E-state index in [9.17, 15) is 5.11 Å². The molecule has 1 aromatic rings. The first-order valence-electron chi connectivity index (χ1n) is 4.67. The van der Waals surface area contributed by atoms with Crippen LogP contribution in [-0.4, -0.2) is 32.2 Å². The molecule has 0 amide bonds. The van der Waals surface area contributed by atoms with E-state index in [0.717, 1.165) is 19.3 Å². The Bertz CT molecular complexity index is 342. The minimum Gasteiger partial charge on any atom is -0.391 e. The Labute approximate surface area is 96.9 Å². The van der Waals surface area contributed by atoms with Crippen LogP contribution in [-0.2, 0) is 0 Å². The Morgan fingerprint density at radius 1 is 1.13 bits per heavy atom. The number of aliphatic hydroxyl groups is 1. The quantitative estimate of drug-likeness (QED) is 0.831. The summed E-state index contributed by atoms with van der Waals surface area (Å²) in [6, 6.07) is -0.0282. The van der Waals surface area contributed by atoms with E-state index < -0.39 is 0 Å². The van der Waals surface area contributed by atoms with Gasteiger partial charge in [0.05, 0.1) is 12.1 Å². The first kappa shape index (κ1) is 10.9. The molecule has 2 unspecified atom stereocenters. The van der Waals surface area contributed by atoms with E-state index in [1.54, 1.807) is 0 Å². The molecule has 0 aromatic carbocycles. The van der Waals surface area contributed by atoms with Gasteiger partial charge in [-0.1, -0.05) is 0 Å². The van der Waals surface area contributed by atoms with Crippen LogP contribution in [0.2, 0.25) is 10.6 Å². The van der Waals surface area contributed by atoms with Gasteiger partial charge in [0, 0.05) is 0 Å². The summed E-state index contributed by atoms with van der Waals surface area (Å²) in [5.74, 6) is 0.311. The van der Waals surface area contributed by atoms with Gasteiger partial charge in [-0.2, -0.15) is 15.0 Å². The number of nitrogens with zero attached hydrogens (tertiary/aromatic N) is 3. The van der Waals surface area contributed by atoms with Crippen molar-refractivity contribution in [2.75, 3.05) is 5.32 Å². The van der Waals surface area contributed by atoms with Crippen molar-refractivity contribution in [3.05, 3.63) is 10.6 Å². The van der Waals surface area contributed by atoms with Crippen LogP contribution >= 0.6 is 23.2 Å². The van der Waals surface area contributed by atoms with Crippen LogP contribution in [0.1, 0.15) is 19.3 Å². The Balaban J connectivity index is 2.10. The highest BCUT2D eigenvalue weighted by atomic mass is 35.5. The molecule has 2 atom stereocenters. The monoisotopic (exact) mass is 248 g/mol. The molecule has 0 aliphatic heterocycles. The maximum absolute atomic E-state index is 9.59. The van der Waals surface area contributed by atoms with Gasteiger partial charge < -0.3 is 10.4 Å². The Hall–Kier alpha value is -0.650. The van der Waals surface area contributed by atoms with E-state index >= 15 is 0 Å². The molecule has 1 saturated carbocycles. The molecule has 1 aliphatic carbocycles. The lowest BCUT2D eigenvalue weighted by Gasteiger charge is -2.15. The van der Waals surface area contributed by atoms with Crippen molar-refractivity contribution in [2.45, 2.75) is 31.4 Å². The minimum atomic E-state index is -0.362. The van der Waals surface area contributed by atoms with Gasteiger partial charge in [0.15, 0.2) is 0 Å². The normalized spacial score (nSPS) is 25.5. The number of hydrogen-bond acceptors (Lipinski definition) is 5. The molecule has 5 nitrogen and oxygen atoms in total. The van der Waals surface area contributed by atoms with Crippen molar-refractivity contribution >= 4 is 29.2 Å². The fourth-order valence-electron chi connectivity index (χ4n) is 1.67. The fraction of sp³-hybridized carbons (Fsp3) is 0.625. The van der Waals surface area contributed by atoms with Gasteiger partial charge in [-0.05, 0) is 42.5 Å². The Kier molecular flexibility index (Phi) is 3.23. The second kappa shape index (κ2) is 4.47. The summed E-state index contributed by atoms with van der Waals surface area (Å²) in [7, 11) is 0. The van der Waals surface area contributed by atoms with E-state index in [2.05, 4.69) is 20.3 Å². The molecule has 2 rings (SSSR count). The minimum absolute atomic E-state index is 0.0282. The van der Waals surface area contributed by atoms with Crippen LogP contribution in [0.5, 0.6) is 0 Å². The van der Waals surface area contributed by atoms with Crippen molar-refractivity contribution in [2.24, 2.45) is 0 Å². The molecule has 15 heavy (non-hydrogen) atoms. The third kappa shape index (κ3) is 2.68. The number of hydrogen-bond donors (Lipinski definition) is 2. The van der Waals surface area contributed by atoms with Crippen molar-refractivity contribution < 1.29 is 5.11 Å². The van der Waals surface area contributed by atoms with Crippen LogP contribution in [0.15, 0.2) is 0 Å². The van der Waals surface area contributed by atoms with Crippen LogP contribution in [0.25, 0.3) is 0 Å². The topological polar surface area (TPSA) is 70.9 Å². The van der Waals surface area contributed by atoms with Gasteiger partial charge in [0.25, 0.3) is 0 Å². The average molecular weight is 249 g/mol. The summed E-state index contributed by atoms with van der Waals surface area (Å²) < 4.78 is 0. The van der Waals surface area contributed by atoms with Gasteiger partial charge in [0.2, 0.25) is 16.5 Å². The van der Waals surface area contributed by atoms with E-state index in [0.29, 0.717) is 5.95 Å². The number of nitrogens with one attached hydrogen (secondary N) is 1. The lowest BCUT2D eigenvalue weighted by molar-refractivity contribution is 0.171. The number of aliphatic hydroxyl groups excluding tert-OH is 1. The SMILES string of the molecule is OC1CCCC1Nc1nc(Cl)nc(Cl)n1. The summed E-state index contributed by atoms with van der Waals surface area (Å²) in [6.07, 6.45) is 2.32. The van der Waals surface area contributed by atoms with Gasteiger partial charge >= 0.3 is 0 Å². The molecule has 1 aliphatic rings. The Morgan fingerprint density at radius 3 is 2.33 bits per heavy atom. The van der Waals surface area contributed by atoms with Crippen LogP contribution < -0.4 is 5.32 Å². The third-order valence-corrected chi connectivity index (χ3v) is 2.71. The van der Waals surface area contributed by atoms with E-state index in [1.807, 2.05) is 0 Å². The van der Waals surface area contributed by atoms with Crippen molar-refractivity contribution in [3.63, 3.8) is 0 Å². The van der Waals surface area contributed by atoms with Crippen molar-refractivity contribution in [1.29, 1.82) is 0 Å². The zero-order valence-electron chi connectivity index (χ0n) is 7.82.